The molecule has 0 saturated carbocycles. The first-order valence-electron chi connectivity index (χ1n) is 18.0. The van der Waals surface area contributed by atoms with Crippen molar-refractivity contribution in [3.05, 3.63) is 95.1 Å². The van der Waals surface area contributed by atoms with Crippen LogP contribution in [0.1, 0.15) is 52.8 Å². The Balaban J connectivity index is 0.000000300. The van der Waals surface area contributed by atoms with Crippen LogP contribution in [0, 0.1) is 35.2 Å². The number of carbonyl (C=O) groups is 2. The molecule has 0 unspecified atom stereocenters. The minimum atomic E-state index is -0.655. The molecule has 6 aromatic rings. The van der Waals surface area contributed by atoms with Crippen molar-refractivity contribution >= 4 is 51.6 Å². The Kier molecular flexibility index (Phi) is 17.8. The number of hydrogen-bond acceptors (Lipinski definition) is 15. The average Bonchev–Trinajstić information content (AvgIpc) is 3.66. The van der Waals surface area contributed by atoms with Gasteiger partial charge in [0, 0.05) is 74.8 Å². The molecule has 2 aromatic carbocycles. The van der Waals surface area contributed by atoms with Gasteiger partial charge in [-0.05, 0) is 95.1 Å². The van der Waals surface area contributed by atoms with Crippen molar-refractivity contribution in [2.24, 2.45) is 0 Å². The van der Waals surface area contributed by atoms with Crippen LogP contribution in [0.4, 0.5) is 17.2 Å². The van der Waals surface area contributed by atoms with Gasteiger partial charge in [0.2, 0.25) is 5.89 Å². The number of fused-ring (bicyclic) bond motifs is 2. The molecule has 15 heteroatoms. The Morgan fingerprint density at radius 3 is 2.10 bits per heavy atom. The molecule has 0 amide bonds. The number of esters is 1. The fourth-order valence-corrected chi connectivity index (χ4v) is 5.02. The predicted molar refractivity (Wildman–Crippen MR) is 224 cm³/mol. The number of ether oxygens (including phenoxy) is 1. The van der Waals surface area contributed by atoms with E-state index in [-0.39, 0.29) is 31.1 Å². The average molecular weight is 788 g/mol. The summed E-state index contributed by atoms with van der Waals surface area (Å²) in [5.41, 5.74) is 8.83. The largest absolute Gasteiger partial charge is 0.507 e. The predicted octanol–water partition coefficient (Wildman–Crippen LogP) is 6.94. The topological polar surface area (TPSA) is 222 Å². The first-order chi connectivity index (χ1) is 28.0. The third kappa shape index (κ3) is 12.9. The minimum Gasteiger partial charge on any atom is -0.507 e. The summed E-state index contributed by atoms with van der Waals surface area (Å²) in [7, 11) is 0. The van der Waals surface area contributed by atoms with Gasteiger partial charge in [-0.25, -0.2) is 19.6 Å². The molecule has 4 heterocycles. The lowest BCUT2D eigenvalue weighted by atomic mass is 10.1. The number of pyridine rings is 2. The molecule has 6 rings (SSSR count). The highest BCUT2D eigenvalue weighted by molar-refractivity contribution is 5.84. The number of carbonyl (C=O) groups excluding carboxylic acids is 2. The standard InChI is InChI=1S/C19H17N3O3.C11H15NO2.C8H5NO2.C5H6N2O.H2/c1-3-22(4-2)13-8-7-12-10-14(19(23)25-16(12)11-13)18-21-17-15(24-18)6-5-9-20-17;1-3-12(4-2)10-6-5-9(8-13)11(14)7-10;1-2-3-4-7-11-8(10)5-6-9;6-5-4(8)2-1-3-7-5;/h5-11H,3-4H2,1-2H3;5-8,14H,3-4H2,1-2H3;5H2,1H3;1-3,8H,(H2,6,7);1H. The van der Waals surface area contributed by atoms with Gasteiger partial charge in [0.05, 0.1) is 11.6 Å². The maximum absolute atomic E-state index is 12.4. The molecule has 4 aromatic heterocycles. The lowest BCUT2D eigenvalue weighted by Crippen LogP contribution is -2.21. The number of nitriles is 1. The van der Waals surface area contributed by atoms with Crippen molar-refractivity contribution in [2.45, 2.75) is 41.0 Å². The first-order valence-corrected chi connectivity index (χ1v) is 18.0. The number of benzene rings is 2. The second-order valence-electron chi connectivity index (χ2n) is 11.5. The molecule has 0 aliphatic rings. The first kappa shape index (κ1) is 44.6. The van der Waals surface area contributed by atoms with Gasteiger partial charge in [0.25, 0.3) is 0 Å². The number of anilines is 3. The lowest BCUT2D eigenvalue weighted by molar-refractivity contribution is -0.135. The zero-order valence-electron chi connectivity index (χ0n) is 32.7. The highest BCUT2D eigenvalue weighted by Gasteiger charge is 2.16. The Hall–Kier alpha value is -7.83. The van der Waals surface area contributed by atoms with E-state index in [1.807, 2.05) is 44.2 Å². The second kappa shape index (κ2) is 23.2. The summed E-state index contributed by atoms with van der Waals surface area (Å²) in [4.78, 5) is 49.6. The molecule has 0 saturated heterocycles. The summed E-state index contributed by atoms with van der Waals surface area (Å²) in [5, 5.41) is 27.0. The smallest absolute Gasteiger partial charge is 0.349 e. The van der Waals surface area contributed by atoms with Crippen LogP contribution < -0.4 is 21.2 Å². The van der Waals surface area contributed by atoms with E-state index in [0.717, 1.165) is 42.9 Å². The quantitative estimate of drug-likeness (QED) is 0.0585. The van der Waals surface area contributed by atoms with Crippen molar-refractivity contribution in [1.82, 2.24) is 15.0 Å². The Morgan fingerprint density at radius 1 is 0.879 bits per heavy atom. The molecule has 0 bridgehead atoms. The number of nitrogen functional groups attached to an aromatic ring is 1. The fourth-order valence-electron chi connectivity index (χ4n) is 5.02. The SMILES string of the molecule is CC#CC#COC(=O)CC#N.CCN(CC)c1ccc(C=O)c(O)c1.CCN(CC)c1ccc2cc(-c3nc4ncccc4o3)c(=O)oc2c1.Nc1ncccc1O.[HH]. The molecule has 0 radical (unpaired) electrons. The number of nitrogens with zero attached hydrogens (tertiary/aromatic N) is 6. The Labute approximate surface area is 336 Å². The maximum Gasteiger partial charge on any atom is 0.349 e. The molecule has 0 aliphatic heterocycles. The van der Waals surface area contributed by atoms with Crippen LogP contribution in [0.25, 0.3) is 33.7 Å². The molecule has 0 aliphatic carbocycles. The van der Waals surface area contributed by atoms with E-state index in [0.29, 0.717) is 34.2 Å². The third-order valence-electron chi connectivity index (χ3n) is 7.96. The summed E-state index contributed by atoms with van der Waals surface area (Å²) >= 11 is 0. The van der Waals surface area contributed by atoms with E-state index in [4.69, 9.17) is 24.9 Å². The minimum absolute atomic E-state index is 0. The van der Waals surface area contributed by atoms with Crippen molar-refractivity contribution in [3.8, 4) is 52.9 Å². The lowest BCUT2D eigenvalue weighted by Gasteiger charge is -2.21. The number of rotatable bonds is 9. The zero-order chi connectivity index (χ0) is 42.5. The summed E-state index contributed by atoms with van der Waals surface area (Å²) < 4.78 is 15.4. The van der Waals surface area contributed by atoms with Gasteiger partial charge in [0.15, 0.2) is 29.1 Å². The molecule has 300 valence electrons. The van der Waals surface area contributed by atoms with Gasteiger partial charge in [-0.3, -0.25) is 4.79 Å². The van der Waals surface area contributed by atoms with Gasteiger partial charge in [-0.1, -0.05) is 5.92 Å². The van der Waals surface area contributed by atoms with Crippen LogP contribution in [0.15, 0.2) is 92.8 Å². The van der Waals surface area contributed by atoms with E-state index in [1.54, 1.807) is 55.6 Å². The number of phenols is 1. The summed E-state index contributed by atoms with van der Waals surface area (Å²) in [6.07, 6.45) is 5.57. The van der Waals surface area contributed by atoms with Crippen LogP contribution in [0.5, 0.6) is 11.5 Å². The fraction of sp³-hybridized carbons (Fsp3) is 0.233. The summed E-state index contributed by atoms with van der Waals surface area (Å²) in [6.45, 7) is 13.4. The van der Waals surface area contributed by atoms with Crippen LogP contribution >= 0.6 is 0 Å². The summed E-state index contributed by atoms with van der Waals surface area (Å²) in [5.74, 6) is 6.95. The number of aromatic nitrogens is 3. The van der Waals surface area contributed by atoms with Crippen molar-refractivity contribution in [3.63, 3.8) is 0 Å². The number of aldehydes is 1. The monoisotopic (exact) mass is 787 g/mol. The van der Waals surface area contributed by atoms with Crippen molar-refractivity contribution in [2.75, 3.05) is 41.7 Å². The van der Waals surface area contributed by atoms with Gasteiger partial charge < -0.3 is 39.3 Å². The van der Waals surface area contributed by atoms with Gasteiger partial charge in [-0.15, -0.1) is 0 Å². The van der Waals surface area contributed by atoms with Crippen molar-refractivity contribution in [1.29, 1.82) is 5.26 Å². The van der Waals surface area contributed by atoms with Crippen LogP contribution in [-0.4, -0.2) is 63.6 Å². The number of oxazole rings is 1. The normalized spacial score (nSPS) is 9.59. The summed E-state index contributed by atoms with van der Waals surface area (Å²) in [6, 6.07) is 21.0. The second-order valence-corrected chi connectivity index (χ2v) is 11.5. The van der Waals surface area contributed by atoms with E-state index in [9.17, 15) is 19.5 Å². The number of hydrogen-bond donors (Lipinski definition) is 3. The number of aromatic hydroxyl groups is 2. The van der Waals surface area contributed by atoms with Crippen molar-refractivity contribution < 1.29 is 34.8 Å². The number of phenolic OH excluding ortho intramolecular Hbond substituents is 1. The van der Waals surface area contributed by atoms with Gasteiger partial charge in [0.1, 0.15) is 29.4 Å². The third-order valence-corrected chi connectivity index (χ3v) is 7.96. The molecule has 4 N–H and O–H groups in total. The molecule has 0 atom stereocenters. The van der Waals surface area contributed by atoms with Gasteiger partial charge >= 0.3 is 11.6 Å². The Bertz CT molecular complexity index is 2480. The molecular formula is C43H45N7O8. The molecule has 15 nitrogen and oxygen atoms in total. The van der Waals surface area contributed by atoms with E-state index >= 15 is 0 Å². The van der Waals surface area contributed by atoms with Gasteiger partial charge in [-0.2, -0.15) is 10.2 Å². The zero-order valence-corrected chi connectivity index (χ0v) is 32.7. The molecule has 0 spiro atoms. The van der Waals surface area contributed by atoms with Crippen LogP contribution in [-0.2, 0) is 9.53 Å². The highest BCUT2D eigenvalue weighted by atomic mass is 16.5. The molecular weight excluding hydrogens is 743 g/mol. The molecule has 58 heavy (non-hydrogen) atoms. The van der Waals surface area contributed by atoms with Crippen LogP contribution in [0.2, 0.25) is 0 Å². The van der Waals surface area contributed by atoms with E-state index in [1.165, 1.54) is 12.3 Å². The maximum atomic E-state index is 12.4. The highest BCUT2D eigenvalue weighted by Crippen LogP contribution is 2.27. The molecule has 0 fully saturated rings. The van der Waals surface area contributed by atoms with Crippen LogP contribution in [0.3, 0.4) is 0 Å². The Morgan fingerprint density at radius 2 is 1.53 bits per heavy atom. The van der Waals surface area contributed by atoms with E-state index < -0.39 is 11.6 Å². The number of nitrogens with two attached hydrogens (primary N) is 1. The van der Waals surface area contributed by atoms with E-state index in [2.05, 4.69) is 61.1 Å².